The molecule has 142 valence electrons. The molecule has 2 aromatic rings. The Morgan fingerprint density at radius 3 is 2.56 bits per heavy atom. The number of urea groups is 1. The molecule has 0 radical (unpaired) electrons. The minimum absolute atomic E-state index is 0.251. The van der Waals surface area contributed by atoms with Gasteiger partial charge < -0.3 is 20.1 Å². The van der Waals surface area contributed by atoms with Crippen LogP contribution >= 0.6 is 0 Å². The summed E-state index contributed by atoms with van der Waals surface area (Å²) in [6.07, 6.45) is -2.85. The van der Waals surface area contributed by atoms with Gasteiger partial charge in [-0.1, -0.05) is 0 Å². The zero-order valence-electron chi connectivity index (χ0n) is 14.3. The van der Waals surface area contributed by atoms with Crippen LogP contribution in [0.5, 0.6) is 11.5 Å². The molecule has 2 amide bonds. The second-order valence-electron chi connectivity index (χ2n) is 6.40. The van der Waals surface area contributed by atoms with Crippen molar-refractivity contribution < 1.29 is 27.4 Å². The highest BCUT2D eigenvalue weighted by Gasteiger charge is 2.30. The van der Waals surface area contributed by atoms with Gasteiger partial charge in [-0.3, -0.25) is 0 Å². The SMILES string of the molecule is O=C(NCc1c2c(cc3c1OCC3)OCC2)Nc1ccc(C(F)(F)F)cc1. The Hall–Kier alpha value is -2.90. The molecule has 2 N–H and O–H groups in total. The molecule has 0 aliphatic carbocycles. The summed E-state index contributed by atoms with van der Waals surface area (Å²) in [4.78, 5) is 12.2. The number of alkyl halides is 3. The summed E-state index contributed by atoms with van der Waals surface area (Å²) in [6.45, 7) is 1.45. The maximum atomic E-state index is 12.6. The Morgan fingerprint density at radius 2 is 1.81 bits per heavy atom. The molecule has 0 saturated carbocycles. The van der Waals surface area contributed by atoms with Gasteiger partial charge in [0.2, 0.25) is 0 Å². The molecule has 0 atom stereocenters. The van der Waals surface area contributed by atoms with Gasteiger partial charge in [-0.2, -0.15) is 13.2 Å². The molecule has 5 nitrogen and oxygen atoms in total. The molecule has 2 aliphatic rings. The van der Waals surface area contributed by atoms with Gasteiger partial charge in [-0.15, -0.1) is 0 Å². The van der Waals surface area contributed by atoms with Crippen molar-refractivity contribution in [3.63, 3.8) is 0 Å². The second kappa shape index (κ2) is 6.68. The lowest BCUT2D eigenvalue weighted by Gasteiger charge is -2.14. The monoisotopic (exact) mass is 378 g/mol. The van der Waals surface area contributed by atoms with E-state index in [-0.39, 0.29) is 12.2 Å². The number of ether oxygens (including phenoxy) is 2. The van der Waals surface area contributed by atoms with Gasteiger partial charge in [0.05, 0.1) is 18.8 Å². The van der Waals surface area contributed by atoms with Gasteiger partial charge in [-0.25, -0.2) is 4.79 Å². The quantitative estimate of drug-likeness (QED) is 0.852. The zero-order chi connectivity index (χ0) is 19.0. The number of benzene rings is 2. The van der Waals surface area contributed by atoms with Crippen LogP contribution in [-0.4, -0.2) is 19.2 Å². The Morgan fingerprint density at radius 1 is 1.07 bits per heavy atom. The molecule has 0 spiro atoms. The summed E-state index contributed by atoms with van der Waals surface area (Å²) in [5.74, 6) is 1.63. The van der Waals surface area contributed by atoms with Crippen LogP contribution in [0.15, 0.2) is 30.3 Å². The molecule has 0 aromatic heterocycles. The fraction of sp³-hybridized carbons (Fsp3) is 0.316. The van der Waals surface area contributed by atoms with Crippen LogP contribution < -0.4 is 20.1 Å². The first-order chi connectivity index (χ1) is 12.9. The highest BCUT2D eigenvalue weighted by molar-refractivity contribution is 5.89. The molecule has 8 heteroatoms. The summed E-state index contributed by atoms with van der Waals surface area (Å²) in [5, 5.41) is 5.28. The normalized spacial score (nSPS) is 14.8. The number of hydrogen-bond donors (Lipinski definition) is 2. The number of amides is 2. The van der Waals surface area contributed by atoms with Crippen molar-refractivity contribution in [2.24, 2.45) is 0 Å². The molecule has 2 aromatic carbocycles. The third-order valence-electron chi connectivity index (χ3n) is 4.66. The first kappa shape index (κ1) is 17.5. The van der Waals surface area contributed by atoms with Crippen LogP contribution in [-0.2, 0) is 25.6 Å². The summed E-state index contributed by atoms with van der Waals surface area (Å²) in [5.41, 5.74) is 2.52. The number of carbonyl (C=O) groups excluding carboxylic acids is 1. The molecular weight excluding hydrogens is 361 g/mol. The average molecular weight is 378 g/mol. The Labute approximate surface area is 153 Å². The number of rotatable bonds is 3. The van der Waals surface area contributed by atoms with E-state index >= 15 is 0 Å². The number of fused-ring (bicyclic) bond motifs is 2. The summed E-state index contributed by atoms with van der Waals surface area (Å²) in [6, 6.07) is 5.79. The molecule has 2 heterocycles. The number of anilines is 1. The molecule has 2 aliphatic heterocycles. The van der Waals surface area contributed by atoms with Crippen LogP contribution in [0.2, 0.25) is 0 Å². The van der Waals surface area contributed by atoms with E-state index in [1.807, 2.05) is 6.07 Å². The second-order valence-corrected chi connectivity index (χ2v) is 6.40. The maximum absolute atomic E-state index is 12.6. The van der Waals surface area contributed by atoms with E-state index < -0.39 is 17.8 Å². The standard InChI is InChI=1S/C19H17F3N2O3/c20-19(21,22)12-1-3-13(4-2-12)24-18(25)23-10-15-14-6-8-26-16(14)9-11-5-7-27-17(11)15/h1-4,9H,5-8,10H2,(H2,23,24,25). The first-order valence-electron chi connectivity index (χ1n) is 8.57. The highest BCUT2D eigenvalue weighted by atomic mass is 19.4. The van der Waals surface area contributed by atoms with Gasteiger partial charge >= 0.3 is 12.2 Å². The fourth-order valence-corrected chi connectivity index (χ4v) is 3.36. The third-order valence-corrected chi connectivity index (χ3v) is 4.66. The van der Waals surface area contributed by atoms with Gasteiger partial charge in [-0.05, 0) is 30.3 Å². The molecule has 0 fully saturated rings. The predicted octanol–water partition coefficient (Wildman–Crippen LogP) is 3.90. The molecule has 0 saturated heterocycles. The van der Waals surface area contributed by atoms with Crippen molar-refractivity contribution in [3.05, 3.63) is 52.6 Å². The summed E-state index contributed by atoms with van der Waals surface area (Å²) < 4.78 is 49.1. The van der Waals surface area contributed by atoms with E-state index in [2.05, 4.69) is 10.6 Å². The predicted molar refractivity (Wildman–Crippen MR) is 92.1 cm³/mol. The van der Waals surface area contributed by atoms with Crippen LogP contribution in [0.4, 0.5) is 23.7 Å². The first-order valence-corrected chi connectivity index (χ1v) is 8.57. The van der Waals surface area contributed by atoms with E-state index in [1.54, 1.807) is 0 Å². The minimum atomic E-state index is -4.41. The van der Waals surface area contributed by atoms with Crippen molar-refractivity contribution in [2.45, 2.75) is 25.6 Å². The van der Waals surface area contributed by atoms with E-state index in [0.29, 0.717) is 13.2 Å². The molecule has 27 heavy (non-hydrogen) atoms. The zero-order valence-corrected chi connectivity index (χ0v) is 14.3. The fourth-order valence-electron chi connectivity index (χ4n) is 3.36. The van der Waals surface area contributed by atoms with Crippen molar-refractivity contribution >= 4 is 11.7 Å². The number of halogens is 3. The van der Waals surface area contributed by atoms with Crippen molar-refractivity contribution in [1.82, 2.24) is 5.32 Å². The molecular formula is C19H17F3N2O3. The van der Waals surface area contributed by atoms with Gasteiger partial charge in [0.1, 0.15) is 11.5 Å². The Balaban J connectivity index is 1.43. The Kier molecular flexibility index (Phi) is 4.33. The van der Waals surface area contributed by atoms with Crippen molar-refractivity contribution in [2.75, 3.05) is 18.5 Å². The Bertz CT molecular complexity index is 847. The molecule has 0 bridgehead atoms. The van der Waals surface area contributed by atoms with Crippen molar-refractivity contribution in [3.8, 4) is 11.5 Å². The van der Waals surface area contributed by atoms with E-state index in [1.165, 1.54) is 12.1 Å². The lowest BCUT2D eigenvalue weighted by atomic mass is 9.99. The lowest BCUT2D eigenvalue weighted by molar-refractivity contribution is -0.137. The molecule has 4 rings (SSSR count). The number of hydrogen-bond acceptors (Lipinski definition) is 3. The van der Waals surface area contributed by atoms with E-state index in [4.69, 9.17) is 9.47 Å². The third kappa shape index (κ3) is 3.51. The average Bonchev–Trinajstić information content (AvgIpc) is 3.27. The highest BCUT2D eigenvalue weighted by Crippen LogP contribution is 2.40. The molecule has 0 unspecified atom stereocenters. The van der Waals surface area contributed by atoms with Crippen LogP contribution in [0.25, 0.3) is 0 Å². The minimum Gasteiger partial charge on any atom is -0.493 e. The number of nitrogens with one attached hydrogen (secondary N) is 2. The van der Waals surface area contributed by atoms with Crippen LogP contribution in [0.1, 0.15) is 22.3 Å². The largest absolute Gasteiger partial charge is 0.493 e. The van der Waals surface area contributed by atoms with Crippen molar-refractivity contribution in [1.29, 1.82) is 0 Å². The van der Waals surface area contributed by atoms with Gasteiger partial charge in [0.15, 0.2) is 0 Å². The number of carbonyl (C=O) groups is 1. The summed E-state index contributed by atoms with van der Waals surface area (Å²) >= 11 is 0. The van der Waals surface area contributed by atoms with Crippen LogP contribution in [0.3, 0.4) is 0 Å². The smallest absolute Gasteiger partial charge is 0.416 e. The van der Waals surface area contributed by atoms with E-state index in [9.17, 15) is 18.0 Å². The topological polar surface area (TPSA) is 59.6 Å². The van der Waals surface area contributed by atoms with Crippen LogP contribution in [0, 0.1) is 0 Å². The van der Waals surface area contributed by atoms with Gasteiger partial charge in [0, 0.05) is 41.8 Å². The lowest BCUT2D eigenvalue weighted by Crippen LogP contribution is -2.28. The van der Waals surface area contributed by atoms with E-state index in [0.717, 1.165) is 53.2 Å². The van der Waals surface area contributed by atoms with Gasteiger partial charge in [0.25, 0.3) is 0 Å². The maximum Gasteiger partial charge on any atom is 0.416 e. The summed E-state index contributed by atoms with van der Waals surface area (Å²) in [7, 11) is 0.